The SMILES string of the molecule is CCCC1CCC(C(=O)C(CC)C(=O)OC)CC1. The van der Waals surface area contributed by atoms with Gasteiger partial charge in [0.25, 0.3) is 0 Å². The van der Waals surface area contributed by atoms with Gasteiger partial charge in [0.15, 0.2) is 0 Å². The maximum Gasteiger partial charge on any atom is 0.316 e. The summed E-state index contributed by atoms with van der Waals surface area (Å²) in [6, 6.07) is 0. The van der Waals surface area contributed by atoms with E-state index in [1.807, 2.05) is 6.92 Å². The molecule has 0 amide bonds. The molecule has 0 aromatic rings. The minimum Gasteiger partial charge on any atom is -0.468 e. The molecule has 0 saturated heterocycles. The van der Waals surface area contributed by atoms with Gasteiger partial charge in [0, 0.05) is 5.92 Å². The second-order valence-electron chi connectivity index (χ2n) is 5.39. The Hall–Kier alpha value is -0.860. The Morgan fingerprint density at radius 2 is 1.78 bits per heavy atom. The van der Waals surface area contributed by atoms with Crippen LogP contribution in [0.4, 0.5) is 0 Å². The molecule has 0 bridgehead atoms. The summed E-state index contributed by atoms with van der Waals surface area (Å²) in [6.07, 6.45) is 7.25. The molecule has 0 spiro atoms. The fourth-order valence-electron chi connectivity index (χ4n) is 3.05. The molecule has 1 unspecified atom stereocenters. The molecule has 3 nitrogen and oxygen atoms in total. The Kier molecular flexibility index (Phi) is 6.37. The molecule has 0 aliphatic heterocycles. The van der Waals surface area contributed by atoms with Gasteiger partial charge in [0.1, 0.15) is 11.7 Å². The van der Waals surface area contributed by atoms with Crippen molar-refractivity contribution in [3.8, 4) is 0 Å². The highest BCUT2D eigenvalue weighted by Crippen LogP contribution is 2.33. The molecular weight excluding hydrogens is 228 g/mol. The van der Waals surface area contributed by atoms with Crippen LogP contribution in [-0.4, -0.2) is 18.9 Å². The number of carbonyl (C=O) groups is 2. The Labute approximate surface area is 110 Å². The molecule has 104 valence electrons. The van der Waals surface area contributed by atoms with Gasteiger partial charge in [0.05, 0.1) is 7.11 Å². The van der Waals surface area contributed by atoms with Crippen molar-refractivity contribution in [2.75, 3.05) is 7.11 Å². The Morgan fingerprint density at radius 3 is 2.22 bits per heavy atom. The van der Waals surface area contributed by atoms with Gasteiger partial charge in [-0.1, -0.05) is 26.7 Å². The normalized spacial score (nSPS) is 25.5. The van der Waals surface area contributed by atoms with Crippen LogP contribution in [0, 0.1) is 17.8 Å². The third kappa shape index (κ3) is 3.82. The summed E-state index contributed by atoms with van der Waals surface area (Å²) in [7, 11) is 1.36. The van der Waals surface area contributed by atoms with Crippen LogP contribution in [0.3, 0.4) is 0 Å². The van der Waals surface area contributed by atoms with Gasteiger partial charge in [-0.15, -0.1) is 0 Å². The summed E-state index contributed by atoms with van der Waals surface area (Å²) in [4.78, 5) is 23.8. The standard InChI is InChI=1S/C15H26O3/c1-4-6-11-7-9-12(10-8-11)14(16)13(5-2)15(17)18-3/h11-13H,4-10H2,1-3H3. The summed E-state index contributed by atoms with van der Waals surface area (Å²) < 4.78 is 4.72. The molecule has 1 fully saturated rings. The monoisotopic (exact) mass is 254 g/mol. The summed E-state index contributed by atoms with van der Waals surface area (Å²) >= 11 is 0. The number of esters is 1. The zero-order valence-electron chi connectivity index (χ0n) is 11.9. The van der Waals surface area contributed by atoms with Crippen molar-refractivity contribution in [1.82, 2.24) is 0 Å². The highest BCUT2D eigenvalue weighted by Gasteiger charge is 2.33. The number of carbonyl (C=O) groups excluding carboxylic acids is 2. The number of rotatable bonds is 6. The largest absolute Gasteiger partial charge is 0.468 e. The highest BCUT2D eigenvalue weighted by atomic mass is 16.5. The van der Waals surface area contributed by atoms with E-state index in [-0.39, 0.29) is 17.7 Å². The van der Waals surface area contributed by atoms with E-state index in [1.54, 1.807) is 0 Å². The average Bonchev–Trinajstić information content (AvgIpc) is 2.40. The Balaban J connectivity index is 2.50. The maximum absolute atomic E-state index is 12.3. The van der Waals surface area contributed by atoms with Gasteiger partial charge >= 0.3 is 5.97 Å². The van der Waals surface area contributed by atoms with Crippen LogP contribution in [0.25, 0.3) is 0 Å². The van der Waals surface area contributed by atoms with Crippen molar-refractivity contribution < 1.29 is 14.3 Å². The lowest BCUT2D eigenvalue weighted by Crippen LogP contribution is -2.32. The summed E-state index contributed by atoms with van der Waals surface area (Å²) in [5.74, 6) is 0.0830. The van der Waals surface area contributed by atoms with Crippen molar-refractivity contribution in [1.29, 1.82) is 0 Å². The predicted octanol–water partition coefficient (Wildman–Crippen LogP) is 3.36. The van der Waals surface area contributed by atoms with Gasteiger partial charge in [0.2, 0.25) is 0 Å². The predicted molar refractivity (Wildman–Crippen MR) is 71.2 cm³/mol. The summed E-state index contributed by atoms with van der Waals surface area (Å²) in [5, 5.41) is 0. The van der Waals surface area contributed by atoms with Crippen LogP contribution in [0.1, 0.15) is 58.8 Å². The summed E-state index contributed by atoms with van der Waals surface area (Å²) in [6.45, 7) is 4.09. The number of hydrogen-bond donors (Lipinski definition) is 0. The Morgan fingerprint density at radius 1 is 1.17 bits per heavy atom. The number of ether oxygens (including phenoxy) is 1. The van der Waals surface area contributed by atoms with E-state index in [2.05, 4.69) is 6.92 Å². The molecule has 1 atom stereocenters. The lowest BCUT2D eigenvalue weighted by molar-refractivity contribution is -0.151. The van der Waals surface area contributed by atoms with Gasteiger partial charge in [-0.25, -0.2) is 0 Å². The molecule has 0 aromatic heterocycles. The minimum atomic E-state index is -0.539. The smallest absolute Gasteiger partial charge is 0.316 e. The average molecular weight is 254 g/mol. The third-order valence-electron chi connectivity index (χ3n) is 4.18. The minimum absolute atomic E-state index is 0.0853. The van der Waals surface area contributed by atoms with Gasteiger partial charge in [-0.2, -0.15) is 0 Å². The second kappa shape index (κ2) is 7.55. The van der Waals surface area contributed by atoms with E-state index in [1.165, 1.54) is 20.0 Å². The van der Waals surface area contributed by atoms with Crippen molar-refractivity contribution in [2.24, 2.45) is 17.8 Å². The van der Waals surface area contributed by atoms with Crippen LogP contribution < -0.4 is 0 Å². The number of hydrogen-bond acceptors (Lipinski definition) is 3. The summed E-state index contributed by atoms with van der Waals surface area (Å²) in [5.41, 5.74) is 0. The maximum atomic E-state index is 12.3. The second-order valence-corrected chi connectivity index (χ2v) is 5.39. The number of ketones is 1. The van der Waals surface area contributed by atoms with Gasteiger partial charge < -0.3 is 4.74 Å². The first-order valence-electron chi connectivity index (χ1n) is 7.25. The lowest BCUT2D eigenvalue weighted by Gasteiger charge is -2.29. The quantitative estimate of drug-likeness (QED) is 0.539. The van der Waals surface area contributed by atoms with E-state index in [9.17, 15) is 9.59 Å². The van der Waals surface area contributed by atoms with Crippen LogP contribution in [0.15, 0.2) is 0 Å². The van der Waals surface area contributed by atoms with Crippen LogP contribution in [0.2, 0.25) is 0 Å². The molecule has 18 heavy (non-hydrogen) atoms. The van der Waals surface area contributed by atoms with Crippen LogP contribution >= 0.6 is 0 Å². The molecule has 0 aromatic carbocycles. The first kappa shape index (κ1) is 15.2. The first-order valence-corrected chi connectivity index (χ1v) is 7.25. The molecular formula is C15H26O3. The zero-order valence-corrected chi connectivity index (χ0v) is 11.9. The van der Waals surface area contributed by atoms with E-state index >= 15 is 0 Å². The Bertz CT molecular complexity index is 277. The first-order chi connectivity index (χ1) is 8.63. The van der Waals surface area contributed by atoms with Crippen molar-refractivity contribution >= 4 is 11.8 Å². The number of methoxy groups -OCH3 is 1. The molecule has 3 heteroatoms. The van der Waals surface area contributed by atoms with Crippen molar-refractivity contribution in [2.45, 2.75) is 58.8 Å². The third-order valence-corrected chi connectivity index (χ3v) is 4.18. The molecule has 1 aliphatic carbocycles. The van der Waals surface area contributed by atoms with Crippen LogP contribution in [-0.2, 0) is 14.3 Å². The lowest BCUT2D eigenvalue weighted by atomic mass is 9.75. The zero-order chi connectivity index (χ0) is 13.5. The van der Waals surface area contributed by atoms with Crippen molar-refractivity contribution in [3.05, 3.63) is 0 Å². The van der Waals surface area contributed by atoms with Gasteiger partial charge in [-0.05, 0) is 38.0 Å². The molecule has 1 aliphatic rings. The van der Waals surface area contributed by atoms with E-state index < -0.39 is 5.92 Å². The fourth-order valence-corrected chi connectivity index (χ4v) is 3.05. The molecule has 0 heterocycles. The van der Waals surface area contributed by atoms with E-state index in [4.69, 9.17) is 4.74 Å². The topological polar surface area (TPSA) is 43.4 Å². The van der Waals surface area contributed by atoms with Gasteiger partial charge in [-0.3, -0.25) is 9.59 Å². The van der Waals surface area contributed by atoms with E-state index in [0.717, 1.165) is 31.6 Å². The molecule has 1 rings (SSSR count). The van der Waals surface area contributed by atoms with Crippen molar-refractivity contribution in [3.63, 3.8) is 0 Å². The molecule has 1 saturated carbocycles. The van der Waals surface area contributed by atoms with Crippen LogP contribution in [0.5, 0.6) is 0 Å². The fraction of sp³-hybridized carbons (Fsp3) is 0.867. The van der Waals surface area contributed by atoms with E-state index in [0.29, 0.717) is 6.42 Å². The number of Topliss-reactive ketones (excluding diaryl/α,β-unsaturated/α-hetero) is 1. The highest BCUT2D eigenvalue weighted by molar-refractivity contribution is 6.00. The molecule has 0 radical (unpaired) electrons. The molecule has 0 N–H and O–H groups in total.